The average molecular weight is 232 g/mol. The molecule has 0 saturated heterocycles. The zero-order valence-electron chi connectivity index (χ0n) is 9.90. The summed E-state index contributed by atoms with van der Waals surface area (Å²) in [6, 6.07) is 7.96. The molecule has 1 unspecified atom stereocenters. The topological polar surface area (TPSA) is 54.3 Å². The molecule has 90 valence electrons. The van der Waals surface area contributed by atoms with Gasteiger partial charge in [-0.25, -0.2) is 0 Å². The van der Waals surface area contributed by atoms with E-state index in [0.29, 0.717) is 19.8 Å². The minimum absolute atomic E-state index is 0.00835. The minimum atomic E-state index is -0.00835. The van der Waals surface area contributed by atoms with Gasteiger partial charge < -0.3 is 14.8 Å². The van der Waals surface area contributed by atoms with Gasteiger partial charge in [-0.3, -0.25) is 0 Å². The van der Waals surface area contributed by atoms with Gasteiger partial charge in [0.05, 0.1) is 25.2 Å². The smallest absolute Gasteiger partial charge is 0.163 e. The molecule has 0 radical (unpaired) electrons. The number of rotatable bonds is 3. The molecule has 1 aliphatic rings. The number of benzene rings is 1. The lowest BCUT2D eigenvalue weighted by Crippen LogP contribution is -2.09. The fourth-order valence-electron chi connectivity index (χ4n) is 1.59. The molecule has 1 aromatic carbocycles. The molecule has 1 N–H and O–H groups in total. The first-order valence-corrected chi connectivity index (χ1v) is 5.83. The molecule has 0 spiro atoms. The average Bonchev–Trinajstić information content (AvgIpc) is 2.60. The molecule has 0 aliphatic carbocycles. The summed E-state index contributed by atoms with van der Waals surface area (Å²) in [4.78, 5) is 0. The number of ether oxygens (including phenoxy) is 2. The molecule has 1 aliphatic heterocycles. The van der Waals surface area contributed by atoms with Crippen molar-refractivity contribution in [2.45, 2.75) is 13.3 Å². The van der Waals surface area contributed by atoms with E-state index in [1.807, 2.05) is 25.1 Å². The predicted octanol–water partition coefficient (Wildman–Crippen LogP) is 2.42. The highest BCUT2D eigenvalue weighted by molar-refractivity contribution is 5.55. The Morgan fingerprint density at radius 2 is 2.12 bits per heavy atom. The van der Waals surface area contributed by atoms with Gasteiger partial charge in [-0.2, -0.15) is 5.26 Å². The number of nitrogens with zero attached hydrogens (tertiary/aromatic N) is 1. The summed E-state index contributed by atoms with van der Waals surface area (Å²) in [7, 11) is 0. The van der Waals surface area contributed by atoms with Gasteiger partial charge in [-0.1, -0.05) is 0 Å². The van der Waals surface area contributed by atoms with E-state index < -0.39 is 0 Å². The van der Waals surface area contributed by atoms with Crippen molar-refractivity contribution >= 4 is 5.69 Å². The van der Waals surface area contributed by atoms with Gasteiger partial charge in [0, 0.05) is 24.7 Å². The molecule has 0 bridgehead atoms. The molecule has 1 aromatic rings. The van der Waals surface area contributed by atoms with E-state index in [-0.39, 0.29) is 5.92 Å². The maximum Gasteiger partial charge on any atom is 0.163 e. The van der Waals surface area contributed by atoms with Crippen molar-refractivity contribution in [3.8, 4) is 17.6 Å². The van der Waals surface area contributed by atoms with Crippen molar-refractivity contribution in [2.75, 3.05) is 25.1 Å². The third kappa shape index (κ3) is 3.04. The Morgan fingerprint density at radius 3 is 2.88 bits per heavy atom. The maximum atomic E-state index is 8.71. The van der Waals surface area contributed by atoms with Crippen molar-refractivity contribution in [1.82, 2.24) is 0 Å². The number of fused-ring (bicyclic) bond motifs is 1. The Kier molecular flexibility index (Phi) is 3.71. The quantitative estimate of drug-likeness (QED) is 0.869. The van der Waals surface area contributed by atoms with Crippen LogP contribution in [0.2, 0.25) is 0 Å². The molecule has 0 saturated carbocycles. The Labute approximate surface area is 101 Å². The van der Waals surface area contributed by atoms with Crippen LogP contribution in [0.1, 0.15) is 13.3 Å². The molecule has 4 nitrogen and oxygen atoms in total. The van der Waals surface area contributed by atoms with E-state index >= 15 is 0 Å². The third-order valence-electron chi connectivity index (χ3n) is 2.58. The molecule has 0 fully saturated rings. The number of nitriles is 1. The Balaban J connectivity index is 2.05. The van der Waals surface area contributed by atoms with Crippen LogP contribution in [0.15, 0.2) is 18.2 Å². The SMILES string of the molecule is CC(C#N)CNc1ccc2c(c1)OCCCO2. The molecule has 1 atom stereocenters. The van der Waals surface area contributed by atoms with Crippen molar-refractivity contribution in [2.24, 2.45) is 5.92 Å². The van der Waals surface area contributed by atoms with Crippen LogP contribution in [0.4, 0.5) is 5.69 Å². The van der Waals surface area contributed by atoms with Crippen LogP contribution in [-0.4, -0.2) is 19.8 Å². The second-order valence-electron chi connectivity index (χ2n) is 4.12. The van der Waals surface area contributed by atoms with Crippen LogP contribution in [-0.2, 0) is 0 Å². The van der Waals surface area contributed by atoms with E-state index in [2.05, 4.69) is 11.4 Å². The molecule has 2 rings (SSSR count). The summed E-state index contributed by atoms with van der Waals surface area (Å²) in [6.07, 6.45) is 0.906. The molecule has 17 heavy (non-hydrogen) atoms. The number of nitrogens with one attached hydrogen (secondary N) is 1. The second-order valence-corrected chi connectivity index (χ2v) is 4.12. The van der Waals surface area contributed by atoms with Crippen LogP contribution in [0, 0.1) is 17.2 Å². The summed E-state index contributed by atoms with van der Waals surface area (Å²) in [5.74, 6) is 1.56. The van der Waals surface area contributed by atoms with Gasteiger partial charge in [0.15, 0.2) is 11.5 Å². The van der Waals surface area contributed by atoms with Gasteiger partial charge >= 0.3 is 0 Å². The Bertz CT molecular complexity index is 426. The zero-order chi connectivity index (χ0) is 12.1. The monoisotopic (exact) mass is 232 g/mol. The van der Waals surface area contributed by atoms with Crippen LogP contribution < -0.4 is 14.8 Å². The van der Waals surface area contributed by atoms with E-state index in [1.54, 1.807) is 0 Å². The van der Waals surface area contributed by atoms with Crippen molar-refractivity contribution < 1.29 is 9.47 Å². The van der Waals surface area contributed by atoms with E-state index in [0.717, 1.165) is 23.6 Å². The number of hydrogen-bond acceptors (Lipinski definition) is 4. The maximum absolute atomic E-state index is 8.71. The molecular formula is C13H16N2O2. The lowest BCUT2D eigenvalue weighted by Gasteiger charge is -2.11. The summed E-state index contributed by atoms with van der Waals surface area (Å²) >= 11 is 0. The van der Waals surface area contributed by atoms with Crippen LogP contribution in [0.5, 0.6) is 11.5 Å². The van der Waals surface area contributed by atoms with Crippen molar-refractivity contribution in [3.63, 3.8) is 0 Å². The predicted molar refractivity (Wildman–Crippen MR) is 65.3 cm³/mol. The largest absolute Gasteiger partial charge is 0.490 e. The van der Waals surface area contributed by atoms with Crippen LogP contribution >= 0.6 is 0 Å². The molecule has 1 heterocycles. The van der Waals surface area contributed by atoms with Crippen molar-refractivity contribution in [3.05, 3.63) is 18.2 Å². The van der Waals surface area contributed by atoms with Crippen molar-refractivity contribution in [1.29, 1.82) is 5.26 Å². The normalized spacial score (nSPS) is 15.5. The van der Waals surface area contributed by atoms with E-state index in [4.69, 9.17) is 14.7 Å². The van der Waals surface area contributed by atoms with Gasteiger partial charge in [0.1, 0.15) is 0 Å². The summed E-state index contributed by atoms with van der Waals surface area (Å²) < 4.78 is 11.1. The molecule has 0 amide bonds. The Hall–Kier alpha value is -1.89. The van der Waals surface area contributed by atoms with E-state index in [1.165, 1.54) is 0 Å². The first-order chi connectivity index (χ1) is 8.29. The lowest BCUT2D eigenvalue weighted by atomic mass is 10.2. The standard InChI is InChI=1S/C13H16N2O2/c1-10(8-14)9-15-11-3-4-12-13(7-11)17-6-2-5-16-12/h3-4,7,10,15H,2,5-6,9H2,1H3. The lowest BCUT2D eigenvalue weighted by molar-refractivity contribution is 0.297. The summed E-state index contributed by atoms with van der Waals surface area (Å²) in [5.41, 5.74) is 0.955. The molecule has 0 aromatic heterocycles. The number of anilines is 1. The van der Waals surface area contributed by atoms with Gasteiger partial charge in [-0.15, -0.1) is 0 Å². The molecular weight excluding hydrogens is 216 g/mol. The fourth-order valence-corrected chi connectivity index (χ4v) is 1.59. The summed E-state index contributed by atoms with van der Waals surface area (Å²) in [5, 5.41) is 11.9. The van der Waals surface area contributed by atoms with Crippen LogP contribution in [0.3, 0.4) is 0 Å². The fraction of sp³-hybridized carbons (Fsp3) is 0.462. The highest BCUT2D eigenvalue weighted by atomic mass is 16.5. The van der Waals surface area contributed by atoms with E-state index in [9.17, 15) is 0 Å². The second kappa shape index (κ2) is 5.44. The highest BCUT2D eigenvalue weighted by Crippen LogP contribution is 2.32. The number of hydrogen-bond donors (Lipinski definition) is 1. The minimum Gasteiger partial charge on any atom is -0.490 e. The first kappa shape index (κ1) is 11.6. The van der Waals surface area contributed by atoms with Gasteiger partial charge in [0.2, 0.25) is 0 Å². The zero-order valence-corrected chi connectivity index (χ0v) is 9.90. The summed E-state index contributed by atoms with van der Waals surface area (Å²) in [6.45, 7) is 3.91. The first-order valence-electron chi connectivity index (χ1n) is 5.83. The van der Waals surface area contributed by atoms with Crippen LogP contribution in [0.25, 0.3) is 0 Å². The Morgan fingerprint density at radius 1 is 1.35 bits per heavy atom. The molecule has 4 heteroatoms. The third-order valence-corrected chi connectivity index (χ3v) is 2.58. The van der Waals surface area contributed by atoms with Gasteiger partial charge in [0.25, 0.3) is 0 Å². The van der Waals surface area contributed by atoms with Gasteiger partial charge in [-0.05, 0) is 19.1 Å². The highest BCUT2D eigenvalue weighted by Gasteiger charge is 2.10.